The molecule has 20 heavy (non-hydrogen) atoms. The zero-order valence-corrected chi connectivity index (χ0v) is 14.3. The molecule has 1 aromatic carbocycles. The van der Waals surface area contributed by atoms with E-state index >= 15 is 0 Å². The standard InChI is InChI=1S/C14H21BrN2O2S/c1-11-9-13(5-6-14(11)15)20(18,19)16-10-12(2)17-7-3-4-8-17/h5-6,9,12,16H,3-4,7-8,10H2,1-2H3. The molecule has 0 bridgehead atoms. The van der Waals surface area contributed by atoms with Crippen LogP contribution in [0.5, 0.6) is 0 Å². The van der Waals surface area contributed by atoms with Crippen molar-refractivity contribution < 1.29 is 8.42 Å². The van der Waals surface area contributed by atoms with E-state index in [1.54, 1.807) is 18.2 Å². The zero-order valence-electron chi connectivity index (χ0n) is 11.9. The normalized spacial score (nSPS) is 18.4. The molecule has 1 aromatic rings. The van der Waals surface area contributed by atoms with Crippen LogP contribution in [-0.2, 0) is 10.0 Å². The third-order valence-electron chi connectivity index (χ3n) is 3.77. The maximum Gasteiger partial charge on any atom is 0.240 e. The van der Waals surface area contributed by atoms with E-state index in [-0.39, 0.29) is 6.04 Å². The molecule has 0 aromatic heterocycles. The molecule has 1 unspecified atom stereocenters. The van der Waals surface area contributed by atoms with Crippen LogP contribution >= 0.6 is 15.9 Å². The predicted molar refractivity (Wildman–Crippen MR) is 84.3 cm³/mol. The number of nitrogens with zero attached hydrogens (tertiary/aromatic N) is 1. The maximum absolute atomic E-state index is 12.3. The van der Waals surface area contributed by atoms with E-state index in [0.717, 1.165) is 23.1 Å². The van der Waals surface area contributed by atoms with Crippen LogP contribution in [0.1, 0.15) is 25.3 Å². The molecule has 6 heteroatoms. The molecule has 1 fully saturated rings. The second-order valence-corrected chi connectivity index (χ2v) is 7.98. The van der Waals surface area contributed by atoms with Crippen molar-refractivity contribution in [3.05, 3.63) is 28.2 Å². The average Bonchev–Trinajstić information content (AvgIpc) is 2.93. The maximum atomic E-state index is 12.3. The lowest BCUT2D eigenvalue weighted by atomic mass is 10.2. The van der Waals surface area contributed by atoms with Gasteiger partial charge in [-0.2, -0.15) is 0 Å². The summed E-state index contributed by atoms with van der Waals surface area (Å²) in [7, 11) is -3.42. The first-order valence-electron chi connectivity index (χ1n) is 6.90. The fraction of sp³-hybridized carbons (Fsp3) is 0.571. The Kier molecular flexibility index (Phi) is 5.23. The van der Waals surface area contributed by atoms with E-state index in [1.807, 2.05) is 6.92 Å². The zero-order chi connectivity index (χ0) is 14.8. The topological polar surface area (TPSA) is 49.4 Å². The summed E-state index contributed by atoms with van der Waals surface area (Å²) < 4.78 is 28.2. The minimum absolute atomic E-state index is 0.240. The Labute approximate surface area is 129 Å². The van der Waals surface area contributed by atoms with Crippen molar-refractivity contribution in [1.82, 2.24) is 9.62 Å². The van der Waals surface area contributed by atoms with Gasteiger partial charge in [-0.25, -0.2) is 13.1 Å². The fourth-order valence-electron chi connectivity index (χ4n) is 2.41. The van der Waals surface area contributed by atoms with Gasteiger partial charge in [0.1, 0.15) is 0 Å². The number of benzene rings is 1. The van der Waals surface area contributed by atoms with E-state index < -0.39 is 10.0 Å². The Morgan fingerprint density at radius 3 is 2.60 bits per heavy atom. The van der Waals surface area contributed by atoms with E-state index in [0.29, 0.717) is 11.4 Å². The minimum atomic E-state index is -3.42. The molecular weight excluding hydrogens is 340 g/mol. The molecule has 1 aliphatic rings. The van der Waals surface area contributed by atoms with Gasteiger partial charge in [0.05, 0.1) is 4.90 Å². The van der Waals surface area contributed by atoms with Crippen LogP contribution in [0, 0.1) is 6.92 Å². The summed E-state index contributed by atoms with van der Waals surface area (Å²) >= 11 is 3.38. The van der Waals surface area contributed by atoms with Gasteiger partial charge in [0.2, 0.25) is 10.0 Å². The summed E-state index contributed by atoms with van der Waals surface area (Å²) in [5.74, 6) is 0. The van der Waals surface area contributed by atoms with E-state index in [2.05, 4.69) is 32.5 Å². The first-order chi connectivity index (χ1) is 9.40. The highest BCUT2D eigenvalue weighted by molar-refractivity contribution is 9.10. The Bertz CT molecular complexity index is 569. The molecule has 112 valence electrons. The predicted octanol–water partition coefficient (Wildman–Crippen LogP) is 2.52. The van der Waals surface area contributed by atoms with Crippen LogP contribution in [-0.4, -0.2) is 39.0 Å². The van der Waals surface area contributed by atoms with Gasteiger partial charge in [-0.15, -0.1) is 0 Å². The lowest BCUT2D eigenvalue weighted by molar-refractivity contribution is 0.260. The molecule has 0 saturated carbocycles. The van der Waals surface area contributed by atoms with Crippen LogP contribution in [0.2, 0.25) is 0 Å². The molecule has 0 aliphatic carbocycles. The highest BCUT2D eigenvalue weighted by Gasteiger charge is 2.21. The first-order valence-corrected chi connectivity index (χ1v) is 9.17. The molecule has 1 heterocycles. The van der Waals surface area contributed by atoms with Gasteiger partial charge in [0.25, 0.3) is 0 Å². The third-order valence-corrected chi connectivity index (χ3v) is 6.08. The van der Waals surface area contributed by atoms with Gasteiger partial charge in [0, 0.05) is 17.1 Å². The molecule has 1 atom stereocenters. The van der Waals surface area contributed by atoms with Crippen molar-refractivity contribution >= 4 is 26.0 Å². The van der Waals surface area contributed by atoms with E-state index in [1.165, 1.54) is 12.8 Å². The molecule has 1 N–H and O–H groups in total. The average molecular weight is 361 g/mol. The Morgan fingerprint density at radius 1 is 1.35 bits per heavy atom. The van der Waals surface area contributed by atoms with Gasteiger partial charge in [0.15, 0.2) is 0 Å². The van der Waals surface area contributed by atoms with E-state index in [9.17, 15) is 8.42 Å². The molecule has 2 rings (SSSR count). The van der Waals surface area contributed by atoms with Crippen LogP contribution < -0.4 is 4.72 Å². The number of nitrogens with one attached hydrogen (secondary N) is 1. The number of aryl methyl sites for hydroxylation is 1. The highest BCUT2D eigenvalue weighted by Crippen LogP contribution is 2.20. The number of hydrogen-bond acceptors (Lipinski definition) is 3. The Morgan fingerprint density at radius 2 is 2.00 bits per heavy atom. The smallest absolute Gasteiger partial charge is 0.240 e. The van der Waals surface area contributed by atoms with Gasteiger partial charge in [-0.1, -0.05) is 15.9 Å². The first kappa shape index (κ1) is 15.9. The van der Waals surface area contributed by atoms with Crippen LogP contribution in [0.4, 0.5) is 0 Å². The number of rotatable bonds is 5. The molecule has 0 amide bonds. The van der Waals surface area contributed by atoms with Gasteiger partial charge >= 0.3 is 0 Å². The highest BCUT2D eigenvalue weighted by atomic mass is 79.9. The molecule has 4 nitrogen and oxygen atoms in total. The lowest BCUT2D eigenvalue weighted by Crippen LogP contribution is -2.40. The second-order valence-electron chi connectivity index (χ2n) is 5.35. The van der Waals surface area contributed by atoms with Crippen LogP contribution in [0.15, 0.2) is 27.6 Å². The molecule has 0 radical (unpaired) electrons. The number of halogens is 1. The summed E-state index contributed by atoms with van der Waals surface area (Å²) in [6, 6.07) is 5.32. The van der Waals surface area contributed by atoms with Crippen LogP contribution in [0.3, 0.4) is 0 Å². The SMILES string of the molecule is Cc1cc(S(=O)(=O)NCC(C)N2CCCC2)ccc1Br. The second kappa shape index (κ2) is 6.56. The Hall–Kier alpha value is -0.430. The summed E-state index contributed by atoms with van der Waals surface area (Å²) in [5.41, 5.74) is 0.917. The number of likely N-dealkylation sites (tertiary alicyclic amines) is 1. The van der Waals surface area contributed by atoms with Crippen molar-refractivity contribution in [2.24, 2.45) is 0 Å². The summed E-state index contributed by atoms with van der Waals surface area (Å²) in [6.45, 7) is 6.55. The largest absolute Gasteiger partial charge is 0.299 e. The molecule has 1 aliphatic heterocycles. The molecule has 1 saturated heterocycles. The number of hydrogen-bond donors (Lipinski definition) is 1. The van der Waals surface area contributed by atoms with Crippen molar-refractivity contribution in [3.8, 4) is 0 Å². The lowest BCUT2D eigenvalue weighted by Gasteiger charge is -2.23. The van der Waals surface area contributed by atoms with Crippen molar-refractivity contribution in [3.63, 3.8) is 0 Å². The summed E-state index contributed by atoms with van der Waals surface area (Å²) in [6.07, 6.45) is 2.42. The van der Waals surface area contributed by atoms with Crippen molar-refractivity contribution in [2.75, 3.05) is 19.6 Å². The molecular formula is C14H21BrN2O2S. The number of sulfonamides is 1. The minimum Gasteiger partial charge on any atom is -0.299 e. The molecule has 0 spiro atoms. The summed E-state index contributed by atoms with van der Waals surface area (Å²) in [4.78, 5) is 2.65. The van der Waals surface area contributed by atoms with Gasteiger partial charge in [-0.3, -0.25) is 4.90 Å². The quantitative estimate of drug-likeness (QED) is 0.877. The van der Waals surface area contributed by atoms with Gasteiger partial charge in [-0.05, 0) is 63.5 Å². The fourth-order valence-corrected chi connectivity index (χ4v) is 3.86. The summed E-state index contributed by atoms with van der Waals surface area (Å²) in [5, 5.41) is 0. The monoisotopic (exact) mass is 360 g/mol. The Balaban J connectivity index is 2.01. The van der Waals surface area contributed by atoms with E-state index in [4.69, 9.17) is 0 Å². The van der Waals surface area contributed by atoms with Crippen molar-refractivity contribution in [1.29, 1.82) is 0 Å². The third kappa shape index (κ3) is 3.81. The van der Waals surface area contributed by atoms with Gasteiger partial charge < -0.3 is 0 Å². The van der Waals surface area contributed by atoms with Crippen LogP contribution in [0.25, 0.3) is 0 Å². The van der Waals surface area contributed by atoms with Crippen molar-refractivity contribution in [2.45, 2.75) is 37.6 Å².